The molecule has 0 aromatic heterocycles. The molecule has 1 aliphatic heterocycles. The van der Waals surface area contributed by atoms with Crippen LogP contribution in [-0.4, -0.2) is 55.0 Å². The number of nitrogens with zero attached hydrogens (tertiary/aromatic N) is 1. The van der Waals surface area contributed by atoms with Crippen LogP contribution in [0.4, 0.5) is 5.69 Å². The van der Waals surface area contributed by atoms with E-state index in [-0.39, 0.29) is 18.4 Å². The Hall–Kier alpha value is -2.90. The van der Waals surface area contributed by atoms with Gasteiger partial charge in [-0.15, -0.1) is 0 Å². The van der Waals surface area contributed by atoms with Crippen LogP contribution in [0.15, 0.2) is 24.3 Å². The van der Waals surface area contributed by atoms with Crippen LogP contribution in [0.2, 0.25) is 0 Å². The van der Waals surface area contributed by atoms with Crippen molar-refractivity contribution in [1.29, 1.82) is 0 Å². The fourth-order valence-corrected chi connectivity index (χ4v) is 3.89. The molecule has 29 heavy (non-hydrogen) atoms. The molecule has 2 fully saturated rings. The molecule has 3 rings (SSSR count). The zero-order chi connectivity index (χ0) is 20.8. The number of likely N-dealkylation sites (tertiary alicyclic amines) is 1. The first-order valence-electron chi connectivity index (χ1n) is 9.92. The summed E-state index contributed by atoms with van der Waals surface area (Å²) in [6.07, 6.45) is 5.56. The van der Waals surface area contributed by atoms with Gasteiger partial charge in [0.15, 0.2) is 6.61 Å². The molecule has 2 amide bonds. The summed E-state index contributed by atoms with van der Waals surface area (Å²) in [4.78, 5) is 49.8. The number of nitrogens with one attached hydrogen (secondary N) is 1. The normalized spacial score (nSPS) is 19.7. The van der Waals surface area contributed by atoms with Gasteiger partial charge in [0.05, 0.1) is 18.6 Å². The van der Waals surface area contributed by atoms with Crippen molar-refractivity contribution in [3.63, 3.8) is 0 Å². The number of esters is 2. The van der Waals surface area contributed by atoms with Crippen molar-refractivity contribution in [1.82, 2.24) is 4.90 Å². The largest absolute Gasteiger partial charge is 0.465 e. The maximum absolute atomic E-state index is 12.3. The maximum Gasteiger partial charge on any atom is 0.337 e. The molecule has 1 aromatic carbocycles. The SMILES string of the molecule is COC(=O)c1ccc(NC(=O)COC(=O)[C@H]2CC(=O)N(C3CCCCC3)C2)cc1. The molecule has 1 aromatic rings. The van der Waals surface area contributed by atoms with E-state index in [1.807, 2.05) is 4.90 Å². The molecule has 1 saturated carbocycles. The van der Waals surface area contributed by atoms with E-state index in [2.05, 4.69) is 10.1 Å². The quantitative estimate of drug-likeness (QED) is 0.732. The van der Waals surface area contributed by atoms with E-state index in [1.54, 1.807) is 12.1 Å². The van der Waals surface area contributed by atoms with Gasteiger partial charge in [-0.2, -0.15) is 0 Å². The molecule has 1 heterocycles. The summed E-state index contributed by atoms with van der Waals surface area (Å²) in [5, 5.41) is 2.60. The highest BCUT2D eigenvalue weighted by atomic mass is 16.5. The Morgan fingerprint density at radius 2 is 1.79 bits per heavy atom. The second-order valence-electron chi connectivity index (χ2n) is 7.46. The molecule has 2 aliphatic rings. The van der Waals surface area contributed by atoms with E-state index in [0.717, 1.165) is 25.7 Å². The van der Waals surface area contributed by atoms with Gasteiger partial charge in [-0.05, 0) is 37.1 Å². The number of ether oxygens (including phenoxy) is 2. The van der Waals surface area contributed by atoms with Crippen LogP contribution in [0.1, 0.15) is 48.9 Å². The van der Waals surface area contributed by atoms with Crippen LogP contribution >= 0.6 is 0 Å². The number of carbonyl (C=O) groups is 4. The fraction of sp³-hybridized carbons (Fsp3) is 0.524. The molecule has 1 N–H and O–H groups in total. The number of hydrogen-bond donors (Lipinski definition) is 1. The summed E-state index contributed by atoms with van der Waals surface area (Å²) in [7, 11) is 1.29. The second-order valence-corrected chi connectivity index (χ2v) is 7.46. The van der Waals surface area contributed by atoms with Crippen LogP contribution in [-0.2, 0) is 23.9 Å². The first-order chi connectivity index (χ1) is 14.0. The van der Waals surface area contributed by atoms with Gasteiger partial charge in [-0.25, -0.2) is 4.79 Å². The number of benzene rings is 1. The van der Waals surface area contributed by atoms with Gasteiger partial charge in [-0.1, -0.05) is 19.3 Å². The molecule has 1 aliphatic carbocycles. The lowest BCUT2D eigenvalue weighted by Crippen LogP contribution is -2.38. The lowest BCUT2D eigenvalue weighted by Gasteiger charge is -2.31. The summed E-state index contributed by atoms with van der Waals surface area (Å²) in [5.41, 5.74) is 0.837. The minimum absolute atomic E-state index is 0.00556. The first kappa shape index (κ1) is 20.8. The van der Waals surface area contributed by atoms with Crippen molar-refractivity contribution in [3.8, 4) is 0 Å². The third kappa shape index (κ3) is 5.34. The van der Waals surface area contributed by atoms with Crippen LogP contribution in [0.25, 0.3) is 0 Å². The van der Waals surface area contributed by atoms with E-state index in [9.17, 15) is 19.2 Å². The molecular formula is C21H26N2O6. The Balaban J connectivity index is 1.44. The summed E-state index contributed by atoms with van der Waals surface area (Å²) >= 11 is 0. The van der Waals surface area contributed by atoms with Gasteiger partial charge >= 0.3 is 11.9 Å². The summed E-state index contributed by atoms with van der Waals surface area (Å²) < 4.78 is 9.73. The Kier molecular flexibility index (Phi) is 6.85. The number of hydrogen-bond acceptors (Lipinski definition) is 6. The molecule has 0 unspecified atom stereocenters. The predicted octanol–water partition coefficient (Wildman–Crippen LogP) is 2.14. The van der Waals surface area contributed by atoms with E-state index < -0.39 is 30.4 Å². The summed E-state index contributed by atoms with van der Waals surface area (Å²) in [6, 6.07) is 6.40. The highest BCUT2D eigenvalue weighted by Crippen LogP contribution is 2.29. The van der Waals surface area contributed by atoms with Crippen molar-refractivity contribution in [3.05, 3.63) is 29.8 Å². The molecule has 1 saturated heterocycles. The monoisotopic (exact) mass is 402 g/mol. The minimum Gasteiger partial charge on any atom is -0.465 e. The number of carbonyl (C=O) groups excluding carboxylic acids is 4. The molecule has 8 nitrogen and oxygen atoms in total. The molecule has 0 radical (unpaired) electrons. The van der Waals surface area contributed by atoms with Crippen molar-refractivity contribution in [2.75, 3.05) is 25.6 Å². The first-order valence-corrected chi connectivity index (χ1v) is 9.92. The van der Waals surface area contributed by atoms with E-state index >= 15 is 0 Å². The molecular weight excluding hydrogens is 376 g/mol. The van der Waals surface area contributed by atoms with Gasteiger partial charge in [0.1, 0.15) is 0 Å². The van der Waals surface area contributed by atoms with E-state index in [0.29, 0.717) is 17.8 Å². The topological polar surface area (TPSA) is 102 Å². The second kappa shape index (κ2) is 9.54. The standard InChI is InChI=1S/C21H26N2O6/c1-28-20(26)14-7-9-16(10-8-14)22-18(24)13-29-21(27)15-11-19(25)23(12-15)17-5-3-2-4-6-17/h7-10,15,17H,2-6,11-13H2,1H3,(H,22,24)/t15-/m0/s1. The lowest BCUT2D eigenvalue weighted by atomic mass is 9.94. The highest BCUT2D eigenvalue weighted by Gasteiger charge is 2.39. The number of methoxy groups -OCH3 is 1. The average molecular weight is 402 g/mol. The fourth-order valence-electron chi connectivity index (χ4n) is 3.89. The summed E-state index contributed by atoms with van der Waals surface area (Å²) in [5.74, 6) is -2.00. The smallest absolute Gasteiger partial charge is 0.337 e. The Bertz CT molecular complexity index is 770. The van der Waals surface area contributed by atoms with Crippen molar-refractivity contribution < 1.29 is 28.7 Å². The maximum atomic E-state index is 12.3. The third-order valence-corrected chi connectivity index (χ3v) is 5.44. The van der Waals surface area contributed by atoms with Crippen LogP contribution in [0, 0.1) is 5.92 Å². The Morgan fingerprint density at radius 1 is 1.10 bits per heavy atom. The number of amides is 2. The molecule has 1 atom stereocenters. The van der Waals surface area contributed by atoms with Gasteiger partial charge in [0.2, 0.25) is 5.91 Å². The number of anilines is 1. The van der Waals surface area contributed by atoms with Crippen LogP contribution in [0.3, 0.4) is 0 Å². The van der Waals surface area contributed by atoms with E-state index in [1.165, 1.54) is 25.7 Å². The van der Waals surface area contributed by atoms with Crippen LogP contribution in [0.5, 0.6) is 0 Å². The zero-order valence-electron chi connectivity index (χ0n) is 16.5. The van der Waals surface area contributed by atoms with Crippen molar-refractivity contribution in [2.45, 2.75) is 44.6 Å². The minimum atomic E-state index is -0.521. The van der Waals surface area contributed by atoms with Gasteiger partial charge in [-0.3, -0.25) is 14.4 Å². The van der Waals surface area contributed by atoms with Crippen molar-refractivity contribution >= 4 is 29.4 Å². The Morgan fingerprint density at radius 3 is 2.45 bits per heavy atom. The van der Waals surface area contributed by atoms with Gasteiger partial charge in [0, 0.05) is 24.7 Å². The highest BCUT2D eigenvalue weighted by molar-refractivity contribution is 5.95. The Labute approximate surface area is 169 Å². The molecule has 156 valence electrons. The van der Waals surface area contributed by atoms with Gasteiger partial charge in [0.25, 0.3) is 5.91 Å². The van der Waals surface area contributed by atoms with Crippen molar-refractivity contribution in [2.24, 2.45) is 5.92 Å². The van der Waals surface area contributed by atoms with Crippen LogP contribution < -0.4 is 5.32 Å². The lowest BCUT2D eigenvalue weighted by molar-refractivity contribution is -0.151. The van der Waals surface area contributed by atoms with Gasteiger partial charge < -0.3 is 19.7 Å². The zero-order valence-corrected chi connectivity index (χ0v) is 16.5. The molecule has 8 heteroatoms. The average Bonchev–Trinajstić information content (AvgIpc) is 3.14. The third-order valence-electron chi connectivity index (χ3n) is 5.44. The number of rotatable bonds is 6. The molecule has 0 bridgehead atoms. The predicted molar refractivity (Wildman–Crippen MR) is 104 cm³/mol. The summed E-state index contributed by atoms with van der Waals surface area (Å²) in [6.45, 7) is -0.0509. The molecule has 0 spiro atoms. The van der Waals surface area contributed by atoms with E-state index in [4.69, 9.17) is 4.74 Å².